The minimum Gasteiger partial charge on any atom is -0.390 e. The number of anilines is 1. The maximum absolute atomic E-state index is 13.4. The van der Waals surface area contributed by atoms with Gasteiger partial charge in [0, 0.05) is 39.3 Å². The van der Waals surface area contributed by atoms with Crippen molar-refractivity contribution in [3.05, 3.63) is 41.6 Å². The van der Waals surface area contributed by atoms with Gasteiger partial charge in [0.1, 0.15) is 12.0 Å². The Kier molecular flexibility index (Phi) is 6.61. The lowest BCUT2D eigenvalue weighted by molar-refractivity contribution is -0.137. The Labute approximate surface area is 223 Å². The number of hydrogen-bond donors (Lipinski definition) is 2. The number of hydrogen-bond acceptors (Lipinski definition) is 8. The average molecular weight is 570 g/mol. The van der Waals surface area contributed by atoms with Gasteiger partial charge < -0.3 is 20.1 Å². The molecule has 11 nitrogen and oxygen atoms in total. The van der Waals surface area contributed by atoms with Crippen LogP contribution in [0.5, 0.6) is 0 Å². The molecule has 3 atom stereocenters. The summed E-state index contributed by atoms with van der Waals surface area (Å²) in [5.41, 5.74) is 0.186. The zero-order valence-electron chi connectivity index (χ0n) is 21.3. The molecule has 15 heteroatoms. The van der Waals surface area contributed by atoms with E-state index < -0.39 is 33.7 Å². The van der Waals surface area contributed by atoms with E-state index >= 15 is 0 Å². The lowest BCUT2D eigenvalue weighted by atomic mass is 10.0. The molecule has 0 saturated carbocycles. The second-order valence-electron chi connectivity index (χ2n) is 10.4. The van der Waals surface area contributed by atoms with E-state index in [2.05, 4.69) is 25.2 Å². The van der Waals surface area contributed by atoms with E-state index in [4.69, 9.17) is 4.74 Å². The number of aliphatic hydroxyl groups excluding tert-OH is 1. The summed E-state index contributed by atoms with van der Waals surface area (Å²) in [5.74, 6) is 0.126. The average Bonchev–Trinajstić information content (AvgIpc) is 3.39. The topological polar surface area (TPSA) is 116 Å². The summed E-state index contributed by atoms with van der Waals surface area (Å²) < 4.78 is 71.4. The first-order valence-corrected chi connectivity index (χ1v) is 14.6. The van der Waals surface area contributed by atoms with Crippen LogP contribution in [0.1, 0.15) is 17.3 Å². The van der Waals surface area contributed by atoms with Crippen LogP contribution in [0.3, 0.4) is 0 Å². The molecular weight excluding hydrogens is 539 g/mol. The molecule has 212 valence electrons. The number of alkyl halides is 3. The molecule has 3 saturated heterocycles. The van der Waals surface area contributed by atoms with E-state index in [1.165, 1.54) is 10.7 Å². The predicted octanol–water partition coefficient (Wildman–Crippen LogP) is 0.777. The van der Waals surface area contributed by atoms with Crippen molar-refractivity contribution in [3.8, 4) is 5.69 Å². The third kappa shape index (κ3) is 5.01. The highest BCUT2D eigenvalue weighted by atomic mass is 32.2. The molecule has 0 amide bonds. The van der Waals surface area contributed by atoms with E-state index in [9.17, 15) is 26.7 Å². The highest BCUT2D eigenvalue weighted by molar-refractivity contribution is 7.91. The molecule has 4 aliphatic heterocycles. The number of fused-ring (bicyclic) bond motifs is 1. The van der Waals surface area contributed by atoms with Crippen LogP contribution < -0.4 is 5.32 Å². The van der Waals surface area contributed by atoms with E-state index in [0.717, 1.165) is 43.9 Å². The summed E-state index contributed by atoms with van der Waals surface area (Å²) in [5, 5.41) is 18.0. The first-order chi connectivity index (χ1) is 18.5. The van der Waals surface area contributed by atoms with E-state index in [1.54, 1.807) is 12.3 Å². The molecule has 0 aliphatic carbocycles. The van der Waals surface area contributed by atoms with Gasteiger partial charge in [0.05, 0.1) is 59.9 Å². The van der Waals surface area contributed by atoms with Crippen molar-refractivity contribution in [1.29, 1.82) is 0 Å². The van der Waals surface area contributed by atoms with Gasteiger partial charge in [-0.05, 0) is 18.2 Å². The second kappa shape index (κ2) is 9.73. The fourth-order valence-corrected chi connectivity index (χ4v) is 7.42. The summed E-state index contributed by atoms with van der Waals surface area (Å²) in [4.78, 5) is 11.1. The number of benzene rings is 1. The Morgan fingerprint density at radius 1 is 1.15 bits per heavy atom. The molecule has 3 fully saturated rings. The van der Waals surface area contributed by atoms with Gasteiger partial charge in [0.25, 0.3) is 0 Å². The number of nitrogens with one attached hydrogen (secondary N) is 1. The summed E-state index contributed by atoms with van der Waals surface area (Å²) in [6, 6.07) is 4.40. The Bertz CT molecular complexity index is 1370. The highest BCUT2D eigenvalue weighted by Crippen LogP contribution is 2.40. The monoisotopic (exact) mass is 569 g/mol. The van der Waals surface area contributed by atoms with Crippen LogP contribution in [0.2, 0.25) is 0 Å². The lowest BCUT2D eigenvalue weighted by Gasteiger charge is -2.52. The summed E-state index contributed by atoms with van der Waals surface area (Å²) >= 11 is 0. The standard InChI is InChI=1S/C24H30F3N7O4S/c1-31-22(33-11-17(12-33)32-5-7-38-8-6-32)18-10-28-34(16-4-2-3-15(9-16)24(25,26)27)21(18)30-23(31)29-19-13-39(36,37)14-20(19)35/h2-4,9-10,17,19-20,22,35H,5-8,11-14H2,1H3,(H,29,30)/t19-,20-,22?/m1/s1. The van der Waals surface area contributed by atoms with Crippen LogP contribution in [-0.4, -0.2) is 120 Å². The Morgan fingerprint density at radius 3 is 2.56 bits per heavy atom. The maximum Gasteiger partial charge on any atom is 0.416 e. The molecule has 0 radical (unpaired) electrons. The van der Waals surface area contributed by atoms with E-state index in [0.29, 0.717) is 31.0 Å². The number of rotatable bonds is 4. The van der Waals surface area contributed by atoms with Crippen LogP contribution in [0.25, 0.3) is 5.69 Å². The van der Waals surface area contributed by atoms with Crippen LogP contribution in [0.15, 0.2) is 35.5 Å². The first-order valence-electron chi connectivity index (χ1n) is 12.8. The number of aromatic nitrogens is 2. The fourth-order valence-electron chi connectivity index (χ4n) is 5.72. The summed E-state index contributed by atoms with van der Waals surface area (Å²) in [6.07, 6.45) is -4.35. The normalized spacial score (nSPS) is 29.3. The minimum absolute atomic E-state index is 0.222. The summed E-state index contributed by atoms with van der Waals surface area (Å²) in [6.45, 7) is 4.63. The number of halogens is 3. The number of nitrogens with zero attached hydrogens (tertiary/aromatic N) is 6. The molecule has 2 aromatic rings. The van der Waals surface area contributed by atoms with Crippen molar-refractivity contribution < 1.29 is 31.4 Å². The Morgan fingerprint density at radius 2 is 1.90 bits per heavy atom. The zero-order chi connectivity index (χ0) is 27.5. The minimum atomic E-state index is -4.51. The van der Waals surface area contributed by atoms with Gasteiger partial charge in [-0.25, -0.2) is 18.1 Å². The molecule has 4 aliphatic rings. The van der Waals surface area contributed by atoms with E-state index in [-0.39, 0.29) is 23.4 Å². The number of aliphatic hydroxyl groups is 1. The number of guanidine groups is 1. The van der Waals surface area contributed by atoms with Crippen LogP contribution >= 0.6 is 0 Å². The van der Waals surface area contributed by atoms with Gasteiger partial charge in [-0.15, -0.1) is 0 Å². The van der Waals surface area contributed by atoms with Crippen molar-refractivity contribution in [2.24, 2.45) is 4.99 Å². The third-order valence-electron chi connectivity index (χ3n) is 7.81. The van der Waals surface area contributed by atoms with Crippen LogP contribution in [-0.2, 0) is 20.8 Å². The fraction of sp³-hybridized carbons (Fsp3) is 0.583. The highest BCUT2D eigenvalue weighted by Gasteiger charge is 2.44. The lowest BCUT2D eigenvalue weighted by Crippen LogP contribution is -2.64. The molecule has 0 spiro atoms. The summed E-state index contributed by atoms with van der Waals surface area (Å²) in [7, 11) is -1.61. The molecule has 0 bridgehead atoms. The zero-order valence-corrected chi connectivity index (χ0v) is 22.1. The van der Waals surface area contributed by atoms with Crippen molar-refractivity contribution in [3.63, 3.8) is 0 Å². The number of sulfone groups is 1. The van der Waals surface area contributed by atoms with Crippen molar-refractivity contribution in [1.82, 2.24) is 24.5 Å². The molecule has 6 rings (SSSR count). The van der Waals surface area contributed by atoms with E-state index in [1.807, 2.05) is 11.9 Å². The second-order valence-corrected chi connectivity index (χ2v) is 12.6. The SMILES string of the molecule is CN1C(=N[C@@H]2CS(=O)(=O)C[C@H]2O)Nc2c(cnn2-c2cccc(C(F)(F)F)c2)C1N1CC(N2CCOCC2)C1. The third-order valence-corrected chi connectivity index (χ3v) is 9.50. The molecular formula is C24H30F3N7O4S. The van der Waals surface area contributed by atoms with Crippen molar-refractivity contribution in [2.75, 3.05) is 63.3 Å². The number of ether oxygens (including phenoxy) is 1. The van der Waals surface area contributed by atoms with Crippen LogP contribution in [0, 0.1) is 0 Å². The van der Waals surface area contributed by atoms with Crippen molar-refractivity contribution in [2.45, 2.75) is 30.5 Å². The van der Waals surface area contributed by atoms with Gasteiger partial charge in [-0.1, -0.05) is 6.07 Å². The molecule has 1 aromatic heterocycles. The van der Waals surface area contributed by atoms with Gasteiger partial charge in [0.15, 0.2) is 9.84 Å². The number of likely N-dealkylation sites (tertiary alicyclic amines) is 1. The molecule has 1 unspecified atom stereocenters. The van der Waals surface area contributed by atoms with Gasteiger partial charge >= 0.3 is 6.18 Å². The first kappa shape index (κ1) is 26.5. The van der Waals surface area contributed by atoms with Crippen molar-refractivity contribution >= 4 is 21.6 Å². The number of morpholine rings is 1. The largest absolute Gasteiger partial charge is 0.416 e. The molecule has 5 heterocycles. The van der Waals surface area contributed by atoms with Gasteiger partial charge in [-0.2, -0.15) is 18.3 Å². The quantitative estimate of drug-likeness (QED) is 0.551. The Balaban J connectivity index is 1.35. The molecule has 2 N–H and O–H groups in total. The molecule has 39 heavy (non-hydrogen) atoms. The number of aliphatic imine (C=N–C) groups is 1. The Hall–Kier alpha value is -2.72. The maximum atomic E-state index is 13.4. The predicted molar refractivity (Wildman–Crippen MR) is 136 cm³/mol. The molecule has 1 aromatic carbocycles. The van der Waals surface area contributed by atoms with Gasteiger partial charge in [0.2, 0.25) is 5.96 Å². The smallest absolute Gasteiger partial charge is 0.390 e. The van der Waals surface area contributed by atoms with Crippen LogP contribution in [0.4, 0.5) is 19.0 Å². The van der Waals surface area contributed by atoms with Gasteiger partial charge in [-0.3, -0.25) is 9.80 Å².